The Morgan fingerprint density at radius 3 is 2.67 bits per heavy atom. The lowest BCUT2D eigenvalue weighted by Gasteiger charge is -2.07. The van der Waals surface area contributed by atoms with Crippen LogP contribution in [0, 0.1) is 5.92 Å². The van der Waals surface area contributed by atoms with Gasteiger partial charge >= 0.3 is 0 Å². The topological polar surface area (TPSA) is 72.7 Å². The number of imidazole rings is 1. The third kappa shape index (κ3) is 3.13. The summed E-state index contributed by atoms with van der Waals surface area (Å²) in [6.07, 6.45) is 8.69. The molecule has 0 saturated heterocycles. The summed E-state index contributed by atoms with van der Waals surface area (Å²) in [7, 11) is 0. The third-order valence-corrected chi connectivity index (χ3v) is 2.25. The van der Waals surface area contributed by atoms with Crippen molar-refractivity contribution in [2.24, 2.45) is 5.92 Å². The first-order valence-corrected chi connectivity index (χ1v) is 5.75. The number of nitrogens with one attached hydrogen (secondary N) is 1. The molecule has 2 aromatic heterocycles. The van der Waals surface area contributed by atoms with E-state index >= 15 is 0 Å². The van der Waals surface area contributed by atoms with E-state index in [0.717, 1.165) is 0 Å². The van der Waals surface area contributed by atoms with Crippen molar-refractivity contribution in [1.82, 2.24) is 19.5 Å². The van der Waals surface area contributed by atoms with Crippen LogP contribution in [0.15, 0.2) is 31.1 Å². The van der Waals surface area contributed by atoms with Crippen molar-refractivity contribution in [3.05, 3.63) is 31.1 Å². The first-order chi connectivity index (χ1) is 8.65. The van der Waals surface area contributed by atoms with Gasteiger partial charge in [-0.3, -0.25) is 9.36 Å². The number of aromatic nitrogens is 4. The molecule has 0 aromatic carbocycles. The number of amides is 1. The monoisotopic (exact) mass is 245 g/mol. The minimum absolute atomic E-state index is 0.0241. The van der Waals surface area contributed by atoms with Gasteiger partial charge in [0, 0.05) is 18.8 Å². The molecule has 0 radical (unpaired) electrons. The van der Waals surface area contributed by atoms with E-state index in [-0.39, 0.29) is 5.91 Å². The van der Waals surface area contributed by atoms with Crippen LogP contribution in [-0.4, -0.2) is 25.4 Å². The SMILES string of the molecule is CC(C)CC(=O)Nc1cnc(-n2ccnc2)nc1. The molecule has 94 valence electrons. The number of anilines is 1. The lowest BCUT2D eigenvalue weighted by Crippen LogP contribution is -2.14. The summed E-state index contributed by atoms with van der Waals surface area (Å²) in [5, 5.41) is 2.76. The van der Waals surface area contributed by atoms with Crippen molar-refractivity contribution in [2.45, 2.75) is 20.3 Å². The molecule has 0 aliphatic carbocycles. The second kappa shape index (κ2) is 5.39. The van der Waals surface area contributed by atoms with E-state index in [1.807, 2.05) is 13.8 Å². The summed E-state index contributed by atoms with van der Waals surface area (Å²) in [5.74, 6) is 0.828. The van der Waals surface area contributed by atoms with Gasteiger partial charge < -0.3 is 5.32 Å². The van der Waals surface area contributed by atoms with Crippen LogP contribution in [0.1, 0.15) is 20.3 Å². The molecule has 6 heteroatoms. The first kappa shape index (κ1) is 12.2. The number of rotatable bonds is 4. The quantitative estimate of drug-likeness (QED) is 0.888. The van der Waals surface area contributed by atoms with E-state index in [1.165, 1.54) is 0 Å². The van der Waals surface area contributed by atoms with Gasteiger partial charge in [-0.2, -0.15) is 0 Å². The summed E-state index contributed by atoms with van der Waals surface area (Å²) >= 11 is 0. The van der Waals surface area contributed by atoms with Gasteiger partial charge in [0.15, 0.2) is 0 Å². The van der Waals surface area contributed by atoms with Crippen molar-refractivity contribution >= 4 is 11.6 Å². The van der Waals surface area contributed by atoms with Gasteiger partial charge in [-0.05, 0) is 5.92 Å². The molecular weight excluding hydrogens is 230 g/mol. The highest BCUT2D eigenvalue weighted by atomic mass is 16.1. The highest BCUT2D eigenvalue weighted by Gasteiger charge is 2.06. The summed E-state index contributed by atoms with van der Waals surface area (Å²) in [6, 6.07) is 0. The molecule has 2 heterocycles. The summed E-state index contributed by atoms with van der Waals surface area (Å²) in [6.45, 7) is 4.00. The normalized spacial score (nSPS) is 10.6. The number of hydrogen-bond acceptors (Lipinski definition) is 4. The zero-order valence-electron chi connectivity index (χ0n) is 10.4. The molecule has 0 fully saturated rings. The Morgan fingerprint density at radius 1 is 1.39 bits per heavy atom. The molecule has 6 nitrogen and oxygen atoms in total. The van der Waals surface area contributed by atoms with Gasteiger partial charge in [-0.1, -0.05) is 13.8 Å². The lowest BCUT2D eigenvalue weighted by molar-refractivity contribution is -0.116. The van der Waals surface area contributed by atoms with Gasteiger partial charge in [0.1, 0.15) is 6.33 Å². The smallest absolute Gasteiger partial charge is 0.234 e. The maximum absolute atomic E-state index is 11.6. The molecule has 2 aromatic rings. The van der Waals surface area contributed by atoms with Gasteiger partial charge in [-0.25, -0.2) is 15.0 Å². The maximum Gasteiger partial charge on any atom is 0.234 e. The number of carbonyl (C=O) groups excluding carboxylic acids is 1. The number of nitrogens with zero attached hydrogens (tertiary/aromatic N) is 4. The highest BCUT2D eigenvalue weighted by Crippen LogP contribution is 2.08. The molecule has 0 unspecified atom stereocenters. The van der Waals surface area contributed by atoms with Gasteiger partial charge in [0.25, 0.3) is 0 Å². The van der Waals surface area contributed by atoms with Gasteiger partial charge in [-0.15, -0.1) is 0 Å². The Bertz CT molecular complexity index is 504. The molecular formula is C12H15N5O. The Morgan fingerprint density at radius 2 is 2.11 bits per heavy atom. The molecule has 1 N–H and O–H groups in total. The fourth-order valence-corrected chi connectivity index (χ4v) is 1.48. The van der Waals surface area contributed by atoms with Crippen LogP contribution in [0.4, 0.5) is 5.69 Å². The highest BCUT2D eigenvalue weighted by molar-refractivity contribution is 5.90. The Balaban J connectivity index is 2.02. The van der Waals surface area contributed by atoms with Gasteiger partial charge in [0.2, 0.25) is 11.9 Å². The standard InChI is InChI=1S/C12H15N5O/c1-9(2)5-11(18)16-10-6-14-12(15-7-10)17-4-3-13-8-17/h3-4,6-9H,5H2,1-2H3,(H,16,18). The fourth-order valence-electron chi connectivity index (χ4n) is 1.48. The predicted molar refractivity (Wildman–Crippen MR) is 67.2 cm³/mol. The first-order valence-electron chi connectivity index (χ1n) is 5.75. The summed E-state index contributed by atoms with van der Waals surface area (Å²) in [4.78, 5) is 23.8. The molecule has 0 aliphatic heterocycles. The number of carbonyl (C=O) groups is 1. The minimum atomic E-state index is -0.0241. The second-order valence-electron chi connectivity index (χ2n) is 4.39. The largest absolute Gasteiger partial charge is 0.323 e. The minimum Gasteiger partial charge on any atom is -0.323 e. The second-order valence-corrected chi connectivity index (χ2v) is 4.39. The Labute approximate surface area is 105 Å². The molecule has 0 aliphatic rings. The molecule has 2 rings (SSSR count). The van der Waals surface area contributed by atoms with Crippen molar-refractivity contribution in [1.29, 1.82) is 0 Å². The molecule has 18 heavy (non-hydrogen) atoms. The van der Waals surface area contributed by atoms with Crippen LogP contribution in [0.5, 0.6) is 0 Å². The molecule has 0 atom stereocenters. The average Bonchev–Trinajstić information content (AvgIpc) is 2.82. The average molecular weight is 245 g/mol. The molecule has 0 saturated carbocycles. The molecule has 0 spiro atoms. The summed E-state index contributed by atoms with van der Waals surface area (Å²) in [5.41, 5.74) is 0.601. The zero-order valence-corrected chi connectivity index (χ0v) is 10.4. The molecule has 0 bridgehead atoms. The lowest BCUT2D eigenvalue weighted by atomic mass is 10.1. The van der Waals surface area contributed by atoms with E-state index in [2.05, 4.69) is 20.3 Å². The Hall–Kier alpha value is -2.24. The van der Waals surface area contributed by atoms with Crippen molar-refractivity contribution in [3.8, 4) is 5.95 Å². The van der Waals surface area contributed by atoms with E-state index < -0.39 is 0 Å². The van der Waals surface area contributed by atoms with E-state index in [9.17, 15) is 4.79 Å². The van der Waals surface area contributed by atoms with Crippen molar-refractivity contribution in [3.63, 3.8) is 0 Å². The maximum atomic E-state index is 11.6. The third-order valence-electron chi connectivity index (χ3n) is 2.25. The van der Waals surface area contributed by atoms with Crippen LogP contribution in [0.25, 0.3) is 5.95 Å². The Kier molecular flexibility index (Phi) is 3.66. The number of hydrogen-bond donors (Lipinski definition) is 1. The molecule has 1 amide bonds. The predicted octanol–water partition coefficient (Wildman–Crippen LogP) is 1.65. The zero-order chi connectivity index (χ0) is 13.0. The van der Waals surface area contributed by atoms with Gasteiger partial charge in [0.05, 0.1) is 18.1 Å². The van der Waals surface area contributed by atoms with E-state index in [0.29, 0.717) is 24.0 Å². The van der Waals surface area contributed by atoms with E-state index in [1.54, 1.807) is 35.7 Å². The van der Waals surface area contributed by atoms with Crippen LogP contribution in [-0.2, 0) is 4.79 Å². The van der Waals surface area contributed by atoms with Crippen LogP contribution < -0.4 is 5.32 Å². The van der Waals surface area contributed by atoms with Crippen LogP contribution in [0.3, 0.4) is 0 Å². The summed E-state index contributed by atoms with van der Waals surface area (Å²) < 4.78 is 1.69. The van der Waals surface area contributed by atoms with Crippen molar-refractivity contribution < 1.29 is 4.79 Å². The van der Waals surface area contributed by atoms with Crippen molar-refractivity contribution in [2.75, 3.05) is 5.32 Å². The van der Waals surface area contributed by atoms with Crippen LogP contribution in [0.2, 0.25) is 0 Å². The van der Waals surface area contributed by atoms with E-state index in [4.69, 9.17) is 0 Å². The fraction of sp³-hybridized carbons (Fsp3) is 0.333. The van der Waals surface area contributed by atoms with Crippen LogP contribution >= 0.6 is 0 Å².